The normalized spacial score (nSPS) is 20.8. The Morgan fingerprint density at radius 3 is 2.81 bits per heavy atom. The predicted octanol–water partition coefficient (Wildman–Crippen LogP) is 2.09. The molecule has 4 heteroatoms. The molecule has 0 aromatic rings. The number of carbonyl (C=O) groups excluding carboxylic acids is 1. The Balaban J connectivity index is 2.57. The van der Waals surface area contributed by atoms with E-state index in [2.05, 4.69) is 18.7 Å². The maximum Gasteiger partial charge on any atom is 0.352 e. The van der Waals surface area contributed by atoms with Gasteiger partial charge in [0.05, 0.1) is 12.2 Å². The van der Waals surface area contributed by atoms with Crippen LogP contribution in [0.25, 0.3) is 0 Å². The van der Waals surface area contributed by atoms with Crippen LogP contribution < -0.4 is 5.90 Å². The third-order valence-corrected chi connectivity index (χ3v) is 2.97. The van der Waals surface area contributed by atoms with Gasteiger partial charge in [-0.3, -0.25) is 0 Å². The minimum absolute atomic E-state index is 0.0350. The zero-order valence-electron chi connectivity index (χ0n) is 10.1. The standard InChI is InChI=1S/C12H21NO3/c1-3-10(4-2)15-11-7-5-6-9(8-11)12(14)16-13/h8,10-11H,3-7,13H2,1-2H3. The van der Waals surface area contributed by atoms with Crippen molar-refractivity contribution in [2.45, 2.75) is 58.2 Å². The van der Waals surface area contributed by atoms with E-state index >= 15 is 0 Å². The summed E-state index contributed by atoms with van der Waals surface area (Å²) in [5.74, 6) is 4.44. The monoisotopic (exact) mass is 227 g/mol. The molecule has 1 aliphatic rings. The van der Waals surface area contributed by atoms with Gasteiger partial charge in [-0.2, -0.15) is 5.90 Å². The molecule has 92 valence electrons. The van der Waals surface area contributed by atoms with Crippen molar-refractivity contribution in [2.24, 2.45) is 5.90 Å². The molecular weight excluding hydrogens is 206 g/mol. The molecule has 1 atom stereocenters. The summed E-state index contributed by atoms with van der Waals surface area (Å²) >= 11 is 0. The highest BCUT2D eigenvalue weighted by Crippen LogP contribution is 2.23. The van der Waals surface area contributed by atoms with Gasteiger partial charge >= 0.3 is 5.97 Å². The minimum Gasteiger partial charge on any atom is -0.371 e. The first kappa shape index (κ1) is 13.2. The minimum atomic E-state index is -0.433. The summed E-state index contributed by atoms with van der Waals surface area (Å²) in [7, 11) is 0. The topological polar surface area (TPSA) is 61.5 Å². The second-order valence-corrected chi connectivity index (χ2v) is 4.10. The summed E-state index contributed by atoms with van der Waals surface area (Å²) in [5, 5.41) is 0. The molecule has 0 fully saturated rings. The Bertz CT molecular complexity index is 259. The molecule has 0 heterocycles. The first-order valence-corrected chi connectivity index (χ1v) is 5.98. The van der Waals surface area contributed by atoms with E-state index in [0.717, 1.165) is 32.1 Å². The van der Waals surface area contributed by atoms with Crippen molar-refractivity contribution in [3.8, 4) is 0 Å². The molecule has 0 saturated carbocycles. The van der Waals surface area contributed by atoms with Gasteiger partial charge in [-0.1, -0.05) is 13.8 Å². The van der Waals surface area contributed by atoms with Crippen LogP contribution in [0.3, 0.4) is 0 Å². The highest BCUT2D eigenvalue weighted by molar-refractivity contribution is 5.88. The van der Waals surface area contributed by atoms with Crippen LogP contribution in [0, 0.1) is 0 Å². The van der Waals surface area contributed by atoms with E-state index in [0.29, 0.717) is 5.57 Å². The molecule has 0 spiro atoms. The Labute approximate surface area is 96.7 Å². The van der Waals surface area contributed by atoms with Crippen molar-refractivity contribution in [1.29, 1.82) is 0 Å². The number of hydrogen-bond donors (Lipinski definition) is 1. The van der Waals surface area contributed by atoms with E-state index in [9.17, 15) is 4.79 Å². The first-order valence-electron chi connectivity index (χ1n) is 5.98. The van der Waals surface area contributed by atoms with Crippen LogP contribution in [0.4, 0.5) is 0 Å². The van der Waals surface area contributed by atoms with E-state index in [4.69, 9.17) is 10.6 Å². The summed E-state index contributed by atoms with van der Waals surface area (Å²) in [6, 6.07) is 0. The lowest BCUT2D eigenvalue weighted by Crippen LogP contribution is -2.24. The van der Waals surface area contributed by atoms with Gasteiger partial charge in [0.1, 0.15) is 0 Å². The van der Waals surface area contributed by atoms with Crippen LogP contribution in [0.2, 0.25) is 0 Å². The third kappa shape index (κ3) is 3.61. The molecule has 1 rings (SSSR count). The Kier molecular flexibility index (Phi) is 5.49. The van der Waals surface area contributed by atoms with Crippen molar-refractivity contribution in [3.63, 3.8) is 0 Å². The lowest BCUT2D eigenvalue weighted by molar-refractivity contribution is -0.140. The lowest BCUT2D eigenvalue weighted by atomic mass is 9.97. The number of carbonyl (C=O) groups is 1. The largest absolute Gasteiger partial charge is 0.371 e. The molecule has 0 aromatic carbocycles. The van der Waals surface area contributed by atoms with Crippen LogP contribution in [0.1, 0.15) is 46.0 Å². The second-order valence-electron chi connectivity index (χ2n) is 4.10. The number of hydrogen-bond acceptors (Lipinski definition) is 4. The smallest absolute Gasteiger partial charge is 0.352 e. The summed E-state index contributed by atoms with van der Waals surface area (Å²) in [6.45, 7) is 4.21. The van der Waals surface area contributed by atoms with Crippen molar-refractivity contribution >= 4 is 5.97 Å². The van der Waals surface area contributed by atoms with Crippen LogP contribution >= 0.6 is 0 Å². The van der Waals surface area contributed by atoms with Crippen LogP contribution in [0.5, 0.6) is 0 Å². The fourth-order valence-electron chi connectivity index (χ4n) is 1.97. The maximum absolute atomic E-state index is 11.3. The second kappa shape index (κ2) is 6.66. The SMILES string of the molecule is CCC(CC)OC1C=C(C(=O)ON)CCC1. The maximum atomic E-state index is 11.3. The van der Waals surface area contributed by atoms with E-state index in [1.54, 1.807) is 0 Å². The molecule has 2 N–H and O–H groups in total. The lowest BCUT2D eigenvalue weighted by Gasteiger charge is -2.24. The predicted molar refractivity (Wildman–Crippen MR) is 61.5 cm³/mol. The van der Waals surface area contributed by atoms with Crippen LogP contribution in [-0.4, -0.2) is 18.2 Å². The fourth-order valence-corrected chi connectivity index (χ4v) is 1.97. The molecule has 16 heavy (non-hydrogen) atoms. The molecular formula is C12H21NO3. The van der Waals surface area contributed by atoms with Gasteiger partial charge in [-0.25, -0.2) is 4.79 Å². The van der Waals surface area contributed by atoms with Crippen molar-refractivity contribution < 1.29 is 14.4 Å². The van der Waals surface area contributed by atoms with Crippen molar-refractivity contribution in [1.82, 2.24) is 0 Å². The van der Waals surface area contributed by atoms with Gasteiger partial charge in [0, 0.05) is 5.57 Å². The first-order chi connectivity index (χ1) is 7.71. The summed E-state index contributed by atoms with van der Waals surface area (Å²) < 4.78 is 5.89. The highest BCUT2D eigenvalue weighted by Gasteiger charge is 2.21. The fraction of sp³-hybridized carbons (Fsp3) is 0.750. The summed E-state index contributed by atoms with van der Waals surface area (Å²) in [5.41, 5.74) is 0.643. The van der Waals surface area contributed by atoms with Crippen LogP contribution in [-0.2, 0) is 14.4 Å². The average molecular weight is 227 g/mol. The Morgan fingerprint density at radius 2 is 2.25 bits per heavy atom. The van der Waals surface area contributed by atoms with Gasteiger partial charge in [-0.15, -0.1) is 0 Å². The van der Waals surface area contributed by atoms with E-state index in [1.165, 1.54) is 0 Å². The Morgan fingerprint density at radius 1 is 1.56 bits per heavy atom. The Hall–Kier alpha value is -0.870. The van der Waals surface area contributed by atoms with Crippen LogP contribution in [0.15, 0.2) is 11.6 Å². The molecule has 0 bridgehead atoms. The summed E-state index contributed by atoms with van der Waals surface area (Å²) in [6.07, 6.45) is 6.82. The van der Waals surface area contributed by atoms with Gasteiger partial charge < -0.3 is 9.57 Å². The van der Waals surface area contributed by atoms with Crippen molar-refractivity contribution in [2.75, 3.05) is 0 Å². The molecule has 0 aromatic heterocycles. The molecule has 0 saturated heterocycles. The number of ether oxygens (including phenoxy) is 1. The van der Waals surface area contributed by atoms with Gasteiger partial charge in [0.25, 0.3) is 0 Å². The van der Waals surface area contributed by atoms with Gasteiger partial charge in [-0.05, 0) is 38.2 Å². The molecule has 0 aliphatic heterocycles. The zero-order chi connectivity index (χ0) is 12.0. The number of nitrogens with two attached hydrogens (primary N) is 1. The number of rotatable bonds is 5. The molecule has 4 nitrogen and oxygen atoms in total. The van der Waals surface area contributed by atoms with E-state index in [1.807, 2.05) is 6.08 Å². The third-order valence-electron chi connectivity index (χ3n) is 2.97. The zero-order valence-corrected chi connectivity index (χ0v) is 10.1. The van der Waals surface area contributed by atoms with E-state index in [-0.39, 0.29) is 12.2 Å². The highest BCUT2D eigenvalue weighted by atomic mass is 16.7. The van der Waals surface area contributed by atoms with Crippen molar-refractivity contribution in [3.05, 3.63) is 11.6 Å². The summed E-state index contributed by atoms with van der Waals surface area (Å²) in [4.78, 5) is 15.5. The molecule has 0 radical (unpaired) electrons. The quantitative estimate of drug-likeness (QED) is 0.730. The average Bonchev–Trinajstić information content (AvgIpc) is 2.35. The molecule has 0 amide bonds. The molecule has 1 aliphatic carbocycles. The van der Waals surface area contributed by atoms with Gasteiger partial charge in [0.15, 0.2) is 0 Å². The van der Waals surface area contributed by atoms with E-state index < -0.39 is 5.97 Å². The molecule has 1 unspecified atom stereocenters. The van der Waals surface area contributed by atoms with Gasteiger partial charge in [0.2, 0.25) is 0 Å².